The molecule has 0 aliphatic heterocycles. The van der Waals surface area contributed by atoms with Gasteiger partial charge in [0.25, 0.3) is 0 Å². The molecule has 3 atom stereocenters. The Morgan fingerprint density at radius 1 is 0.800 bits per heavy atom. The Hall–Kier alpha value is -0.200. The fourth-order valence-electron chi connectivity index (χ4n) is 2.18. The molecule has 4 N–H and O–H groups in total. The number of hydrogen-bond acceptors (Lipinski definition) is 5. The molecule has 0 bridgehead atoms. The molecular formula is C15H33NO4. The molecule has 0 fully saturated rings. The molecule has 0 aromatic rings. The van der Waals surface area contributed by atoms with Gasteiger partial charge in [0, 0.05) is 6.54 Å². The number of nitrogens with zero attached hydrogens (tertiary/aromatic N) is 1. The maximum atomic E-state index is 9.93. The highest BCUT2D eigenvalue weighted by Crippen LogP contribution is 2.07. The summed E-state index contributed by atoms with van der Waals surface area (Å²) in [6.07, 6.45) is 3.22. The zero-order valence-corrected chi connectivity index (χ0v) is 13.0. The molecule has 0 rings (SSSR count). The number of aliphatic hydroxyl groups is 4. The predicted molar refractivity (Wildman–Crippen MR) is 80.6 cm³/mol. The fourth-order valence-corrected chi connectivity index (χ4v) is 2.18. The van der Waals surface area contributed by atoms with Crippen LogP contribution in [0.25, 0.3) is 0 Å². The number of aliphatic hydroxyl groups excluding tert-OH is 4. The van der Waals surface area contributed by atoms with Gasteiger partial charge in [-0.15, -0.1) is 0 Å². The van der Waals surface area contributed by atoms with Gasteiger partial charge in [0.15, 0.2) is 0 Å². The normalized spacial score (nSPS) is 16.4. The molecule has 0 saturated heterocycles. The Labute approximate surface area is 123 Å². The van der Waals surface area contributed by atoms with E-state index in [0.29, 0.717) is 6.54 Å². The van der Waals surface area contributed by atoms with Crippen LogP contribution < -0.4 is 0 Å². The first-order valence-electron chi connectivity index (χ1n) is 7.94. The highest BCUT2D eigenvalue weighted by atomic mass is 16.4. The minimum Gasteiger partial charge on any atom is -0.394 e. The van der Waals surface area contributed by atoms with Gasteiger partial charge in [-0.2, -0.15) is 0 Å². The number of unbranched alkanes of at least 4 members (excludes halogenated alkanes) is 4. The molecule has 5 nitrogen and oxygen atoms in total. The van der Waals surface area contributed by atoms with Crippen molar-refractivity contribution in [2.24, 2.45) is 0 Å². The summed E-state index contributed by atoms with van der Waals surface area (Å²) in [6.45, 7) is 5.88. The summed E-state index contributed by atoms with van der Waals surface area (Å²) in [7, 11) is 0. The van der Waals surface area contributed by atoms with Gasteiger partial charge >= 0.3 is 0 Å². The van der Waals surface area contributed by atoms with Crippen molar-refractivity contribution in [2.45, 2.75) is 70.7 Å². The van der Waals surface area contributed by atoms with Crippen LogP contribution in [0.4, 0.5) is 0 Å². The quantitative estimate of drug-likeness (QED) is 0.376. The van der Waals surface area contributed by atoms with E-state index in [9.17, 15) is 15.3 Å². The molecule has 122 valence electrons. The van der Waals surface area contributed by atoms with Crippen LogP contribution >= 0.6 is 0 Å². The molecule has 0 saturated carbocycles. The summed E-state index contributed by atoms with van der Waals surface area (Å²) >= 11 is 0. The van der Waals surface area contributed by atoms with Crippen LogP contribution in [0.15, 0.2) is 0 Å². The Balaban J connectivity index is 4.17. The van der Waals surface area contributed by atoms with Gasteiger partial charge in [0.2, 0.25) is 0 Å². The lowest BCUT2D eigenvalue weighted by molar-refractivity contribution is -0.0842. The Kier molecular flexibility index (Phi) is 12.4. The van der Waals surface area contributed by atoms with Crippen molar-refractivity contribution in [3.63, 3.8) is 0 Å². The van der Waals surface area contributed by atoms with E-state index >= 15 is 0 Å². The van der Waals surface area contributed by atoms with Gasteiger partial charge in [0.1, 0.15) is 12.2 Å². The van der Waals surface area contributed by atoms with E-state index in [-0.39, 0.29) is 0 Å². The van der Waals surface area contributed by atoms with Crippen LogP contribution in [0.5, 0.6) is 0 Å². The van der Waals surface area contributed by atoms with Crippen molar-refractivity contribution < 1.29 is 20.4 Å². The molecule has 0 unspecified atom stereocenters. The van der Waals surface area contributed by atoms with Crippen LogP contribution in [0.1, 0.15) is 52.4 Å². The highest BCUT2D eigenvalue weighted by Gasteiger charge is 2.25. The second-order valence-corrected chi connectivity index (χ2v) is 5.52. The zero-order valence-electron chi connectivity index (χ0n) is 13.0. The average Bonchev–Trinajstić information content (AvgIpc) is 2.46. The molecule has 0 aliphatic rings. The van der Waals surface area contributed by atoms with E-state index in [1.165, 1.54) is 19.3 Å². The molecule has 0 aliphatic carbocycles. The van der Waals surface area contributed by atoms with Crippen molar-refractivity contribution >= 4 is 0 Å². The van der Waals surface area contributed by atoms with Gasteiger partial charge in [-0.1, -0.05) is 39.5 Å². The van der Waals surface area contributed by atoms with E-state index in [2.05, 4.69) is 18.7 Å². The van der Waals surface area contributed by atoms with Gasteiger partial charge in [-0.05, 0) is 25.9 Å². The summed E-state index contributed by atoms with van der Waals surface area (Å²) in [4.78, 5) is 2.14. The molecule has 0 aromatic heterocycles. The zero-order chi connectivity index (χ0) is 15.4. The first-order chi connectivity index (χ1) is 9.56. The lowest BCUT2D eigenvalue weighted by Crippen LogP contribution is -2.46. The first kappa shape index (κ1) is 19.8. The molecule has 0 amide bonds. The minimum absolute atomic E-state index is 0.338. The standard InChI is InChI=1S/C15H33NO4/c1-3-5-7-8-10-16(9-6-4-2)11-13(18)15(20)14(19)12-17/h13-15,17-20H,3-12H2,1-2H3/t13-,14+,15+/m0/s1. The summed E-state index contributed by atoms with van der Waals surface area (Å²) in [5.74, 6) is 0. The molecule has 0 aromatic carbocycles. The van der Waals surface area contributed by atoms with Crippen molar-refractivity contribution in [1.82, 2.24) is 4.90 Å². The van der Waals surface area contributed by atoms with E-state index in [1.807, 2.05) is 0 Å². The second-order valence-electron chi connectivity index (χ2n) is 5.52. The Morgan fingerprint density at radius 2 is 1.40 bits per heavy atom. The maximum absolute atomic E-state index is 9.93. The van der Waals surface area contributed by atoms with E-state index < -0.39 is 24.9 Å². The van der Waals surface area contributed by atoms with Gasteiger partial charge in [-0.25, -0.2) is 0 Å². The first-order valence-corrected chi connectivity index (χ1v) is 7.94. The van der Waals surface area contributed by atoms with Crippen molar-refractivity contribution in [3.8, 4) is 0 Å². The summed E-state index contributed by atoms with van der Waals surface area (Å²) in [5, 5.41) is 37.8. The van der Waals surface area contributed by atoms with Crippen molar-refractivity contribution in [1.29, 1.82) is 0 Å². The van der Waals surface area contributed by atoms with Gasteiger partial charge in [0.05, 0.1) is 12.7 Å². The highest BCUT2D eigenvalue weighted by molar-refractivity contribution is 4.77. The summed E-state index contributed by atoms with van der Waals surface area (Å²) in [6, 6.07) is 0. The minimum atomic E-state index is -1.29. The lowest BCUT2D eigenvalue weighted by atomic mass is 10.1. The molecule has 0 spiro atoms. The average molecular weight is 291 g/mol. The van der Waals surface area contributed by atoms with Crippen molar-refractivity contribution in [2.75, 3.05) is 26.2 Å². The summed E-state index contributed by atoms with van der Waals surface area (Å²) in [5.41, 5.74) is 0. The van der Waals surface area contributed by atoms with E-state index in [4.69, 9.17) is 5.11 Å². The van der Waals surface area contributed by atoms with Crippen LogP contribution in [0.3, 0.4) is 0 Å². The number of rotatable bonds is 13. The van der Waals surface area contributed by atoms with Crippen LogP contribution in [-0.4, -0.2) is 69.9 Å². The molecule has 0 heterocycles. The van der Waals surface area contributed by atoms with Crippen LogP contribution in [0.2, 0.25) is 0 Å². The Bertz CT molecular complexity index is 216. The third kappa shape index (κ3) is 8.87. The van der Waals surface area contributed by atoms with Crippen LogP contribution in [0, 0.1) is 0 Å². The van der Waals surface area contributed by atoms with Crippen molar-refractivity contribution in [3.05, 3.63) is 0 Å². The topological polar surface area (TPSA) is 84.2 Å². The maximum Gasteiger partial charge on any atom is 0.109 e. The smallest absolute Gasteiger partial charge is 0.109 e. The molecular weight excluding hydrogens is 258 g/mol. The van der Waals surface area contributed by atoms with Crippen LogP contribution in [-0.2, 0) is 0 Å². The third-order valence-electron chi connectivity index (χ3n) is 3.58. The monoisotopic (exact) mass is 291 g/mol. The summed E-state index contributed by atoms with van der Waals surface area (Å²) < 4.78 is 0. The predicted octanol–water partition coefficient (Wildman–Crippen LogP) is 0.744. The largest absolute Gasteiger partial charge is 0.394 e. The third-order valence-corrected chi connectivity index (χ3v) is 3.58. The lowest BCUT2D eigenvalue weighted by Gasteiger charge is -2.28. The van der Waals surface area contributed by atoms with E-state index in [0.717, 1.165) is 32.4 Å². The Morgan fingerprint density at radius 3 is 1.95 bits per heavy atom. The van der Waals surface area contributed by atoms with E-state index in [1.54, 1.807) is 0 Å². The number of hydrogen-bond donors (Lipinski definition) is 4. The second kappa shape index (κ2) is 12.5. The fraction of sp³-hybridized carbons (Fsp3) is 1.00. The molecule has 20 heavy (non-hydrogen) atoms. The molecule has 0 radical (unpaired) electrons. The SMILES string of the molecule is CCCCCCN(CCCC)C[C@H](O)[C@@H](O)[C@H](O)CO. The van der Waals surface area contributed by atoms with Gasteiger partial charge < -0.3 is 25.3 Å². The molecule has 5 heteroatoms. The van der Waals surface area contributed by atoms with Gasteiger partial charge in [-0.3, -0.25) is 0 Å².